The molecule has 0 saturated heterocycles. The van der Waals surface area contributed by atoms with Gasteiger partial charge in [0.05, 0.1) is 4.90 Å². The summed E-state index contributed by atoms with van der Waals surface area (Å²) in [5.41, 5.74) is 1.33. The highest BCUT2D eigenvalue weighted by atomic mass is 32.2. The maximum Gasteiger partial charge on any atom is 0.241 e. The molecule has 0 aliphatic heterocycles. The molecule has 1 aromatic carbocycles. The van der Waals surface area contributed by atoms with E-state index >= 15 is 0 Å². The average molecular weight is 281 g/mol. The molecule has 0 bridgehead atoms. The SMILES string of the molecule is CC=C(CC)c1ccccc1S(=O)(=O)NC(C)(C)C. The molecule has 0 aromatic heterocycles. The minimum Gasteiger partial charge on any atom is -0.207 e. The molecule has 4 heteroatoms. The molecule has 19 heavy (non-hydrogen) atoms. The first-order chi connectivity index (χ1) is 8.71. The lowest BCUT2D eigenvalue weighted by molar-refractivity contribution is 0.491. The van der Waals surface area contributed by atoms with Gasteiger partial charge in [0.25, 0.3) is 0 Å². The molecule has 0 fully saturated rings. The first-order valence-electron chi connectivity index (χ1n) is 6.50. The lowest BCUT2D eigenvalue weighted by atomic mass is 10.0. The molecule has 0 atom stereocenters. The zero-order valence-corrected chi connectivity index (χ0v) is 13.1. The minimum atomic E-state index is -3.50. The highest BCUT2D eigenvalue weighted by molar-refractivity contribution is 7.89. The fourth-order valence-corrected chi connectivity index (χ4v) is 3.64. The van der Waals surface area contributed by atoms with Crippen LogP contribution in [0.1, 0.15) is 46.6 Å². The first-order valence-corrected chi connectivity index (χ1v) is 7.98. The van der Waals surface area contributed by atoms with E-state index in [-0.39, 0.29) is 0 Å². The van der Waals surface area contributed by atoms with Crippen molar-refractivity contribution in [3.05, 3.63) is 35.9 Å². The van der Waals surface area contributed by atoms with Crippen LogP contribution in [-0.4, -0.2) is 14.0 Å². The topological polar surface area (TPSA) is 46.2 Å². The second kappa shape index (κ2) is 5.88. The van der Waals surface area contributed by atoms with Crippen LogP contribution in [0, 0.1) is 0 Å². The predicted octanol–water partition coefficient (Wildman–Crippen LogP) is 3.58. The smallest absolute Gasteiger partial charge is 0.207 e. The molecule has 1 aromatic rings. The number of allylic oxidation sites excluding steroid dienone is 2. The van der Waals surface area contributed by atoms with E-state index in [2.05, 4.69) is 4.72 Å². The van der Waals surface area contributed by atoms with E-state index in [1.54, 1.807) is 12.1 Å². The molecule has 0 radical (unpaired) electrons. The van der Waals surface area contributed by atoms with Gasteiger partial charge >= 0.3 is 0 Å². The van der Waals surface area contributed by atoms with Gasteiger partial charge in [-0.15, -0.1) is 0 Å². The molecular formula is C15H23NO2S. The summed E-state index contributed by atoms with van der Waals surface area (Å²) in [5, 5.41) is 0. The van der Waals surface area contributed by atoms with Crippen molar-refractivity contribution in [1.82, 2.24) is 4.72 Å². The van der Waals surface area contributed by atoms with E-state index < -0.39 is 15.6 Å². The predicted molar refractivity (Wildman–Crippen MR) is 80.5 cm³/mol. The number of nitrogens with one attached hydrogen (secondary N) is 1. The minimum absolute atomic E-state index is 0.347. The van der Waals surface area contributed by atoms with Gasteiger partial charge in [0, 0.05) is 5.54 Å². The summed E-state index contributed by atoms with van der Waals surface area (Å²) >= 11 is 0. The standard InChI is InChI=1S/C15H23NO2S/c1-6-12(7-2)13-10-8-9-11-14(13)19(17,18)16-15(3,4)5/h6,8-11,16H,7H2,1-5H3. The van der Waals surface area contributed by atoms with Crippen LogP contribution in [0.2, 0.25) is 0 Å². The van der Waals surface area contributed by atoms with Gasteiger partial charge in [-0.2, -0.15) is 0 Å². The van der Waals surface area contributed by atoms with Gasteiger partial charge in [0.15, 0.2) is 0 Å². The van der Waals surface area contributed by atoms with Crippen molar-refractivity contribution in [3.63, 3.8) is 0 Å². The quantitative estimate of drug-likeness (QED) is 0.917. The van der Waals surface area contributed by atoms with E-state index in [9.17, 15) is 8.42 Å². The molecule has 106 valence electrons. The van der Waals surface area contributed by atoms with Crippen molar-refractivity contribution in [3.8, 4) is 0 Å². The lowest BCUT2D eigenvalue weighted by Gasteiger charge is -2.22. The van der Waals surface area contributed by atoms with Gasteiger partial charge in [-0.25, -0.2) is 13.1 Å². The molecular weight excluding hydrogens is 258 g/mol. The largest absolute Gasteiger partial charge is 0.241 e. The van der Waals surface area contributed by atoms with Crippen molar-refractivity contribution >= 4 is 15.6 Å². The molecule has 0 aliphatic carbocycles. The Kier molecular flexibility index (Phi) is 4.93. The van der Waals surface area contributed by atoms with Crippen LogP contribution < -0.4 is 4.72 Å². The zero-order chi connectivity index (χ0) is 14.7. The van der Waals surface area contributed by atoms with E-state index in [1.807, 2.05) is 52.8 Å². The van der Waals surface area contributed by atoms with Crippen LogP contribution in [-0.2, 0) is 10.0 Å². The fourth-order valence-electron chi connectivity index (χ4n) is 1.97. The number of sulfonamides is 1. The molecule has 0 heterocycles. The van der Waals surface area contributed by atoms with Crippen LogP contribution in [0.4, 0.5) is 0 Å². The Morgan fingerprint density at radius 3 is 2.32 bits per heavy atom. The van der Waals surface area contributed by atoms with Crippen LogP contribution in [0.15, 0.2) is 35.2 Å². The van der Waals surface area contributed by atoms with E-state index in [0.717, 1.165) is 17.6 Å². The third-order valence-electron chi connectivity index (χ3n) is 2.69. The Labute approximate surface area is 116 Å². The molecule has 1 N–H and O–H groups in total. The maximum atomic E-state index is 12.5. The lowest BCUT2D eigenvalue weighted by Crippen LogP contribution is -2.40. The number of rotatable bonds is 4. The van der Waals surface area contributed by atoms with E-state index in [1.165, 1.54) is 0 Å². The highest BCUT2D eigenvalue weighted by Crippen LogP contribution is 2.26. The van der Waals surface area contributed by atoms with Crippen LogP contribution in [0.5, 0.6) is 0 Å². The van der Waals surface area contributed by atoms with Crippen molar-refractivity contribution in [1.29, 1.82) is 0 Å². The molecule has 0 unspecified atom stereocenters. The van der Waals surface area contributed by atoms with Gasteiger partial charge < -0.3 is 0 Å². The summed E-state index contributed by atoms with van der Waals surface area (Å²) in [5.74, 6) is 0. The zero-order valence-electron chi connectivity index (χ0n) is 12.3. The molecule has 0 saturated carbocycles. The molecule has 0 aliphatic rings. The molecule has 1 rings (SSSR count). The number of hydrogen-bond donors (Lipinski definition) is 1. The van der Waals surface area contributed by atoms with Crippen molar-refractivity contribution < 1.29 is 8.42 Å². The second-order valence-electron chi connectivity index (χ2n) is 5.52. The fraction of sp³-hybridized carbons (Fsp3) is 0.467. The summed E-state index contributed by atoms with van der Waals surface area (Å²) in [4.78, 5) is 0.347. The van der Waals surface area contributed by atoms with Crippen molar-refractivity contribution in [2.24, 2.45) is 0 Å². The van der Waals surface area contributed by atoms with Gasteiger partial charge in [-0.3, -0.25) is 0 Å². The third kappa shape index (κ3) is 4.18. The third-order valence-corrected chi connectivity index (χ3v) is 4.51. The van der Waals surface area contributed by atoms with Crippen LogP contribution in [0.3, 0.4) is 0 Å². The van der Waals surface area contributed by atoms with Gasteiger partial charge in [-0.05, 0) is 51.3 Å². The monoisotopic (exact) mass is 281 g/mol. The number of hydrogen-bond acceptors (Lipinski definition) is 2. The first kappa shape index (κ1) is 15.9. The van der Waals surface area contributed by atoms with Gasteiger partial charge in [-0.1, -0.05) is 31.2 Å². The Hall–Kier alpha value is -1.13. The summed E-state index contributed by atoms with van der Waals surface area (Å²) < 4.78 is 27.6. The Balaban J connectivity index is 3.36. The normalized spacial score (nSPS) is 13.6. The summed E-state index contributed by atoms with van der Waals surface area (Å²) in [6.45, 7) is 9.46. The van der Waals surface area contributed by atoms with Crippen LogP contribution >= 0.6 is 0 Å². The van der Waals surface area contributed by atoms with Crippen LogP contribution in [0.25, 0.3) is 5.57 Å². The Morgan fingerprint density at radius 2 is 1.84 bits per heavy atom. The molecule has 3 nitrogen and oxygen atoms in total. The average Bonchev–Trinajstić information content (AvgIpc) is 2.28. The van der Waals surface area contributed by atoms with Gasteiger partial charge in [0.2, 0.25) is 10.0 Å². The molecule has 0 amide bonds. The van der Waals surface area contributed by atoms with Gasteiger partial charge in [0.1, 0.15) is 0 Å². The Bertz CT molecular complexity index is 566. The van der Waals surface area contributed by atoms with Crippen molar-refractivity contribution in [2.45, 2.75) is 51.5 Å². The summed E-state index contributed by atoms with van der Waals surface area (Å²) in [6, 6.07) is 7.13. The highest BCUT2D eigenvalue weighted by Gasteiger charge is 2.24. The maximum absolute atomic E-state index is 12.5. The molecule has 0 spiro atoms. The van der Waals surface area contributed by atoms with E-state index in [4.69, 9.17) is 0 Å². The Morgan fingerprint density at radius 1 is 1.26 bits per heavy atom. The summed E-state index contributed by atoms with van der Waals surface area (Å²) in [6.07, 6.45) is 2.77. The van der Waals surface area contributed by atoms with Crippen molar-refractivity contribution in [2.75, 3.05) is 0 Å². The number of benzene rings is 1. The van der Waals surface area contributed by atoms with E-state index in [0.29, 0.717) is 4.90 Å². The summed E-state index contributed by atoms with van der Waals surface area (Å²) in [7, 11) is -3.50. The second-order valence-corrected chi connectivity index (χ2v) is 7.17.